The van der Waals surface area contributed by atoms with Crippen molar-refractivity contribution in [3.05, 3.63) is 84.7 Å². The predicted octanol–water partition coefficient (Wildman–Crippen LogP) is 6.40. The van der Waals surface area contributed by atoms with E-state index in [0.29, 0.717) is 13.2 Å². The van der Waals surface area contributed by atoms with Crippen LogP contribution in [0.4, 0.5) is 9.59 Å². The van der Waals surface area contributed by atoms with Gasteiger partial charge >= 0.3 is 12.2 Å². The topological polar surface area (TPSA) is 184 Å². The Morgan fingerprint density at radius 2 is 1.19 bits per heavy atom. The van der Waals surface area contributed by atoms with Crippen molar-refractivity contribution in [2.75, 3.05) is 60.7 Å². The summed E-state index contributed by atoms with van der Waals surface area (Å²) < 4.78 is 14.1. The molecule has 0 unspecified atom stereocenters. The molecule has 0 saturated carbocycles. The second kappa shape index (κ2) is 31.1. The number of amides is 3. The van der Waals surface area contributed by atoms with Crippen molar-refractivity contribution < 1.29 is 33.4 Å². The first-order chi connectivity index (χ1) is 31.1. The van der Waals surface area contributed by atoms with E-state index in [2.05, 4.69) is 89.5 Å². The standard InChI is InChI=1S/C20H14N4.C11H20N2O3.C9H15NO4.C5H11N.2C2H2/c1(15-3-7-17(8-4-15)19-11-21-13-23-19)2-16-5-9-18(10-6-16)20-12-22-14-24-20;1-8(2)9(12-11(15)16-3)10(14)13-6-4-5-7-13;1-13-9(12)10-8(6-11)7-2-4-14-5-3-7;1-6-4-2-3-5-6;2*1-2/h3-14H,(H,21,23)(H,22,24);8-9H,4-7H2,1-3H3,(H,12,15);6-8H,2-5H2,1H3,(H,10,12);2-5H2,1H3;2*1-2H/t;9-;8-;;;/m.01.../s1. The molecular weight excluding hydrogens is 813 g/mol. The molecule has 3 amide bonds. The number of terminal acetylenes is 2. The molecule has 3 aliphatic heterocycles. The first-order valence-electron chi connectivity index (χ1n) is 21.2. The summed E-state index contributed by atoms with van der Waals surface area (Å²) in [4.78, 5) is 63.3. The molecule has 5 heterocycles. The number of methoxy groups -OCH3 is 2. The van der Waals surface area contributed by atoms with E-state index >= 15 is 0 Å². The fraction of sp³-hybridized carbons (Fsp3) is 0.429. The van der Waals surface area contributed by atoms with Crippen LogP contribution in [0.3, 0.4) is 0 Å². The van der Waals surface area contributed by atoms with Crippen molar-refractivity contribution in [1.82, 2.24) is 40.4 Å². The lowest BCUT2D eigenvalue weighted by Crippen LogP contribution is -2.50. The lowest BCUT2D eigenvalue weighted by atomic mass is 9.93. The number of ether oxygens (including phenoxy) is 3. The molecule has 4 aromatic rings. The highest BCUT2D eigenvalue weighted by molar-refractivity contribution is 5.86. The van der Waals surface area contributed by atoms with Crippen LogP contribution in [0.5, 0.6) is 0 Å². The number of alkyl carbamates (subject to hydrolysis) is 2. The molecule has 15 nitrogen and oxygen atoms in total. The fourth-order valence-corrected chi connectivity index (χ4v) is 6.68. The van der Waals surface area contributed by atoms with E-state index in [-0.39, 0.29) is 17.7 Å². The summed E-state index contributed by atoms with van der Waals surface area (Å²) in [6.07, 6.45) is 29.1. The molecule has 15 heteroatoms. The lowest BCUT2D eigenvalue weighted by Gasteiger charge is -2.26. The van der Waals surface area contributed by atoms with E-state index in [1.165, 1.54) is 40.2 Å². The minimum atomic E-state index is -0.561. The Hall–Kier alpha value is -6.86. The number of hydrogen-bond donors (Lipinski definition) is 4. The molecule has 2 aromatic heterocycles. The van der Waals surface area contributed by atoms with Crippen molar-refractivity contribution in [2.24, 2.45) is 11.8 Å². The lowest BCUT2D eigenvalue weighted by molar-refractivity contribution is -0.133. The number of likely N-dealkylation sites (tertiary alicyclic amines) is 2. The van der Waals surface area contributed by atoms with Crippen LogP contribution in [-0.2, 0) is 23.8 Å². The molecule has 3 saturated heterocycles. The summed E-state index contributed by atoms with van der Waals surface area (Å²) in [5.74, 6) is 6.61. The van der Waals surface area contributed by atoms with Gasteiger partial charge in [0.2, 0.25) is 5.91 Å². The molecule has 2 aromatic carbocycles. The van der Waals surface area contributed by atoms with Gasteiger partial charge in [0, 0.05) is 37.4 Å². The molecule has 0 bridgehead atoms. The molecule has 342 valence electrons. The maximum Gasteiger partial charge on any atom is 0.407 e. The Kier molecular flexibility index (Phi) is 25.8. The van der Waals surface area contributed by atoms with Crippen molar-refractivity contribution in [3.63, 3.8) is 0 Å². The Bertz CT molecular complexity index is 1910. The number of H-pyrrole nitrogens is 2. The van der Waals surface area contributed by atoms with Gasteiger partial charge in [-0.1, -0.05) is 50.0 Å². The number of imidazole rings is 2. The van der Waals surface area contributed by atoms with Gasteiger partial charge in [-0.05, 0) is 106 Å². The Morgan fingerprint density at radius 1 is 0.750 bits per heavy atom. The molecule has 2 atom stereocenters. The van der Waals surface area contributed by atoms with Gasteiger partial charge in [0.15, 0.2) is 0 Å². The van der Waals surface area contributed by atoms with Crippen LogP contribution < -0.4 is 10.6 Å². The number of hydrogen-bond acceptors (Lipinski definition) is 10. The largest absolute Gasteiger partial charge is 0.453 e. The van der Waals surface area contributed by atoms with Gasteiger partial charge in [-0.2, -0.15) is 0 Å². The van der Waals surface area contributed by atoms with Gasteiger partial charge in [-0.15, -0.1) is 25.7 Å². The summed E-state index contributed by atoms with van der Waals surface area (Å²) in [6, 6.07) is 15.3. The number of carbonyl (C=O) groups excluding carboxylic acids is 4. The fourth-order valence-electron chi connectivity index (χ4n) is 6.68. The van der Waals surface area contributed by atoms with E-state index in [1.807, 2.05) is 74.8 Å². The van der Waals surface area contributed by atoms with Crippen LogP contribution in [0, 0.1) is 49.4 Å². The zero-order chi connectivity index (χ0) is 47.1. The number of rotatable bonds is 8. The summed E-state index contributed by atoms with van der Waals surface area (Å²) >= 11 is 0. The summed E-state index contributed by atoms with van der Waals surface area (Å²) in [7, 11) is 4.75. The van der Waals surface area contributed by atoms with Gasteiger partial charge in [-0.3, -0.25) is 4.79 Å². The summed E-state index contributed by atoms with van der Waals surface area (Å²) in [6.45, 7) is 9.36. The van der Waals surface area contributed by atoms with Crippen LogP contribution in [0.25, 0.3) is 22.5 Å². The second-order valence-corrected chi connectivity index (χ2v) is 15.0. The molecular formula is C49H64N8O7. The van der Waals surface area contributed by atoms with Crippen LogP contribution >= 0.6 is 0 Å². The normalized spacial score (nSPS) is 14.9. The van der Waals surface area contributed by atoms with E-state index in [4.69, 9.17) is 4.74 Å². The SMILES string of the molecule is C#C.C#C.C(#Cc1ccc(-c2cnc[nH]2)cc1)c1ccc(-c2cnc[nH]2)cc1.CN1CCCC1.COC(=O)N[C@H](C(=O)N1CCCC1)C(C)C.COC(=O)N[C@H](C=O)C1CCOCC1. The molecule has 64 heavy (non-hydrogen) atoms. The third-order valence-electron chi connectivity index (χ3n) is 10.3. The highest BCUT2D eigenvalue weighted by Crippen LogP contribution is 2.19. The number of aromatic amines is 2. The minimum Gasteiger partial charge on any atom is -0.453 e. The minimum absolute atomic E-state index is 0.00194. The van der Waals surface area contributed by atoms with Gasteiger partial charge in [0.1, 0.15) is 12.3 Å². The van der Waals surface area contributed by atoms with Crippen molar-refractivity contribution >= 4 is 24.4 Å². The Balaban J connectivity index is 0.000000309. The van der Waals surface area contributed by atoms with E-state index in [9.17, 15) is 19.2 Å². The molecule has 7 rings (SSSR count). The third-order valence-corrected chi connectivity index (χ3v) is 10.3. The quantitative estimate of drug-likeness (QED) is 0.114. The molecule has 0 radical (unpaired) electrons. The molecule has 0 spiro atoms. The number of benzene rings is 2. The Morgan fingerprint density at radius 3 is 1.55 bits per heavy atom. The number of aldehydes is 1. The number of nitrogens with zero attached hydrogens (tertiary/aromatic N) is 4. The van der Waals surface area contributed by atoms with Crippen molar-refractivity contribution in [2.45, 2.75) is 64.5 Å². The molecule has 3 aliphatic rings. The van der Waals surface area contributed by atoms with E-state index < -0.39 is 24.3 Å². The van der Waals surface area contributed by atoms with Gasteiger partial charge < -0.3 is 49.4 Å². The number of aromatic nitrogens is 4. The average Bonchev–Trinajstić information content (AvgIpc) is 4.22. The van der Waals surface area contributed by atoms with Gasteiger partial charge in [0.25, 0.3) is 0 Å². The third kappa shape index (κ3) is 19.0. The molecule has 0 aliphatic carbocycles. The van der Waals surface area contributed by atoms with Crippen LogP contribution in [-0.4, -0.2) is 127 Å². The smallest absolute Gasteiger partial charge is 0.407 e. The zero-order valence-electron chi connectivity index (χ0n) is 37.8. The van der Waals surface area contributed by atoms with Gasteiger partial charge in [0.05, 0.1) is 56.7 Å². The summed E-state index contributed by atoms with van der Waals surface area (Å²) in [5, 5.41) is 5.09. The van der Waals surface area contributed by atoms with Crippen LogP contribution in [0.15, 0.2) is 73.6 Å². The number of carbonyl (C=O) groups is 4. The van der Waals surface area contributed by atoms with Crippen molar-refractivity contribution in [3.8, 4) is 60.0 Å². The van der Waals surface area contributed by atoms with Crippen molar-refractivity contribution in [1.29, 1.82) is 0 Å². The van der Waals surface area contributed by atoms with Gasteiger partial charge in [-0.25, -0.2) is 19.6 Å². The maximum atomic E-state index is 12.1. The maximum absolute atomic E-state index is 12.1. The Labute approximate surface area is 378 Å². The van der Waals surface area contributed by atoms with E-state index in [0.717, 1.165) is 78.7 Å². The predicted molar refractivity (Wildman–Crippen MR) is 249 cm³/mol. The highest BCUT2D eigenvalue weighted by Gasteiger charge is 2.30. The monoisotopic (exact) mass is 876 g/mol. The number of nitrogens with one attached hydrogen (secondary N) is 4. The second-order valence-electron chi connectivity index (χ2n) is 15.0. The first-order valence-corrected chi connectivity index (χ1v) is 21.2. The van der Waals surface area contributed by atoms with E-state index in [1.54, 1.807) is 17.6 Å². The van der Waals surface area contributed by atoms with Crippen LogP contribution in [0.1, 0.15) is 63.5 Å². The van der Waals surface area contributed by atoms with Crippen LogP contribution in [0.2, 0.25) is 0 Å². The summed E-state index contributed by atoms with van der Waals surface area (Å²) in [5.41, 5.74) is 6.17. The first kappa shape index (κ1) is 53.3. The molecule has 4 N–H and O–H groups in total. The molecule has 3 fully saturated rings. The average molecular weight is 877 g/mol. The highest BCUT2D eigenvalue weighted by atomic mass is 16.5. The zero-order valence-corrected chi connectivity index (χ0v) is 37.8.